The summed E-state index contributed by atoms with van der Waals surface area (Å²) in [7, 11) is 0. The minimum Gasteiger partial charge on any atom is -0.479 e. The molecule has 17 heavy (non-hydrogen) atoms. The normalized spacial score (nSPS) is 12.2. The van der Waals surface area contributed by atoms with Crippen LogP contribution in [0.3, 0.4) is 0 Å². The van der Waals surface area contributed by atoms with Crippen molar-refractivity contribution in [1.29, 1.82) is 0 Å². The molecule has 3 N–H and O–H groups in total. The molecule has 0 fully saturated rings. The molecule has 0 saturated carbocycles. The Morgan fingerprint density at radius 3 is 2.65 bits per heavy atom. The van der Waals surface area contributed by atoms with Gasteiger partial charge in [-0.1, -0.05) is 30.1 Å². The molecule has 0 heterocycles. The summed E-state index contributed by atoms with van der Waals surface area (Å²) in [6.07, 6.45) is -0.363. The van der Waals surface area contributed by atoms with Crippen LogP contribution in [-0.4, -0.2) is 17.1 Å². The molecule has 94 valence electrons. The fraction of sp³-hybridized carbons (Fsp3) is 0.364. The summed E-state index contributed by atoms with van der Waals surface area (Å²) >= 11 is 11.7. The number of hydrogen-bond donors (Lipinski definition) is 2. The summed E-state index contributed by atoms with van der Waals surface area (Å²) in [5, 5.41) is 9.80. The van der Waals surface area contributed by atoms with E-state index in [1.807, 2.05) is 0 Å². The lowest BCUT2D eigenvalue weighted by molar-refractivity contribution is -0.124. The number of nitrogens with two attached hydrogens (primary N) is 1. The molecule has 6 heteroatoms. The standard InChI is InChI=1S/C11H13Cl2NO3/c1-2-9(11(14)16)17-10-6(5-15)3-7(12)4-8(10)13/h3-4,9,15H,2,5H2,1H3,(H2,14,16). The Morgan fingerprint density at radius 2 is 2.18 bits per heavy atom. The molecule has 4 nitrogen and oxygen atoms in total. The molecule has 0 aliphatic rings. The fourth-order valence-corrected chi connectivity index (χ4v) is 1.93. The topological polar surface area (TPSA) is 72.6 Å². The Kier molecular flexibility index (Phi) is 5.05. The molecular formula is C11H13Cl2NO3. The summed E-state index contributed by atoms with van der Waals surface area (Å²) in [6.45, 7) is 1.47. The largest absolute Gasteiger partial charge is 0.479 e. The van der Waals surface area contributed by atoms with Gasteiger partial charge in [-0.3, -0.25) is 4.79 Å². The highest BCUT2D eigenvalue weighted by atomic mass is 35.5. The van der Waals surface area contributed by atoms with Crippen LogP contribution in [0.4, 0.5) is 0 Å². The highest BCUT2D eigenvalue weighted by Gasteiger charge is 2.19. The predicted octanol–water partition coefficient (Wildman–Crippen LogP) is 2.13. The van der Waals surface area contributed by atoms with Crippen molar-refractivity contribution in [2.24, 2.45) is 5.73 Å². The molecule has 0 spiro atoms. The quantitative estimate of drug-likeness (QED) is 0.866. The Bertz CT molecular complexity index is 423. The number of carbonyl (C=O) groups is 1. The third kappa shape index (κ3) is 3.49. The number of aliphatic hydroxyl groups is 1. The second-order valence-electron chi connectivity index (χ2n) is 3.45. The van der Waals surface area contributed by atoms with Gasteiger partial charge in [-0.05, 0) is 18.6 Å². The number of amides is 1. The number of benzene rings is 1. The van der Waals surface area contributed by atoms with E-state index in [1.165, 1.54) is 12.1 Å². The van der Waals surface area contributed by atoms with E-state index in [-0.39, 0.29) is 17.4 Å². The zero-order valence-corrected chi connectivity index (χ0v) is 10.8. The molecule has 0 saturated heterocycles. The Balaban J connectivity index is 3.08. The average Bonchev–Trinajstić information content (AvgIpc) is 2.26. The highest BCUT2D eigenvalue weighted by Crippen LogP contribution is 2.33. The lowest BCUT2D eigenvalue weighted by Crippen LogP contribution is -2.33. The van der Waals surface area contributed by atoms with Crippen LogP contribution in [0.25, 0.3) is 0 Å². The molecule has 1 amide bonds. The van der Waals surface area contributed by atoms with Crippen molar-refractivity contribution in [3.63, 3.8) is 0 Å². The molecule has 1 aromatic rings. The monoisotopic (exact) mass is 277 g/mol. The molecular weight excluding hydrogens is 265 g/mol. The van der Waals surface area contributed by atoms with Gasteiger partial charge < -0.3 is 15.6 Å². The van der Waals surface area contributed by atoms with E-state index in [0.29, 0.717) is 17.0 Å². The van der Waals surface area contributed by atoms with Crippen molar-refractivity contribution < 1.29 is 14.6 Å². The van der Waals surface area contributed by atoms with Gasteiger partial charge in [0.25, 0.3) is 5.91 Å². The van der Waals surface area contributed by atoms with Crippen molar-refractivity contribution in [3.8, 4) is 5.75 Å². The Labute approximate surface area is 109 Å². The molecule has 1 atom stereocenters. The minimum absolute atomic E-state index is 0.237. The van der Waals surface area contributed by atoms with E-state index in [4.69, 9.17) is 33.7 Å². The smallest absolute Gasteiger partial charge is 0.258 e. The third-order valence-electron chi connectivity index (χ3n) is 2.20. The number of carbonyl (C=O) groups excluding carboxylic acids is 1. The number of aliphatic hydroxyl groups excluding tert-OH is 1. The van der Waals surface area contributed by atoms with E-state index in [2.05, 4.69) is 0 Å². The highest BCUT2D eigenvalue weighted by molar-refractivity contribution is 6.35. The molecule has 1 unspecified atom stereocenters. The number of hydrogen-bond acceptors (Lipinski definition) is 3. The summed E-state index contributed by atoms with van der Waals surface area (Å²) in [4.78, 5) is 11.1. The molecule has 0 aliphatic carbocycles. The minimum atomic E-state index is -0.779. The molecule has 1 aromatic carbocycles. The summed E-state index contributed by atoms with van der Waals surface area (Å²) < 4.78 is 5.41. The average molecular weight is 278 g/mol. The molecule has 0 bridgehead atoms. The maximum absolute atomic E-state index is 11.1. The maximum Gasteiger partial charge on any atom is 0.258 e. The fourth-order valence-electron chi connectivity index (χ4n) is 1.35. The van der Waals surface area contributed by atoms with Gasteiger partial charge >= 0.3 is 0 Å². The first-order valence-electron chi connectivity index (χ1n) is 5.04. The zero-order valence-electron chi connectivity index (χ0n) is 9.24. The van der Waals surface area contributed by atoms with Gasteiger partial charge in [0.15, 0.2) is 6.10 Å². The van der Waals surface area contributed by atoms with Gasteiger partial charge in [-0.2, -0.15) is 0 Å². The number of primary amides is 1. The third-order valence-corrected chi connectivity index (χ3v) is 2.70. The van der Waals surface area contributed by atoms with Crippen LogP contribution in [-0.2, 0) is 11.4 Å². The van der Waals surface area contributed by atoms with Crippen LogP contribution < -0.4 is 10.5 Å². The first-order chi connectivity index (χ1) is 7.99. The van der Waals surface area contributed by atoms with Crippen molar-refractivity contribution in [2.75, 3.05) is 0 Å². The summed E-state index contributed by atoms with van der Waals surface area (Å²) in [5.74, 6) is -0.341. The first kappa shape index (κ1) is 14.1. The Hall–Kier alpha value is -0.970. The zero-order chi connectivity index (χ0) is 13.0. The lowest BCUT2D eigenvalue weighted by atomic mass is 10.2. The van der Waals surface area contributed by atoms with Crippen molar-refractivity contribution >= 4 is 29.1 Å². The van der Waals surface area contributed by atoms with Gasteiger partial charge in [0.1, 0.15) is 5.75 Å². The van der Waals surface area contributed by atoms with Gasteiger partial charge in [-0.15, -0.1) is 0 Å². The van der Waals surface area contributed by atoms with E-state index in [9.17, 15) is 9.90 Å². The van der Waals surface area contributed by atoms with Gasteiger partial charge in [0.05, 0.1) is 11.6 Å². The number of rotatable bonds is 5. The van der Waals surface area contributed by atoms with Gasteiger partial charge in [0, 0.05) is 10.6 Å². The van der Waals surface area contributed by atoms with Crippen LogP contribution in [0, 0.1) is 0 Å². The van der Waals surface area contributed by atoms with Crippen molar-refractivity contribution in [3.05, 3.63) is 27.7 Å². The second-order valence-corrected chi connectivity index (χ2v) is 4.29. The second kappa shape index (κ2) is 6.10. The molecule has 0 radical (unpaired) electrons. The van der Waals surface area contributed by atoms with Crippen molar-refractivity contribution in [1.82, 2.24) is 0 Å². The summed E-state index contributed by atoms with van der Waals surface area (Å²) in [6, 6.07) is 3.00. The summed E-state index contributed by atoms with van der Waals surface area (Å²) in [5.41, 5.74) is 5.59. The van der Waals surface area contributed by atoms with E-state index in [0.717, 1.165) is 0 Å². The van der Waals surface area contributed by atoms with Crippen LogP contribution in [0.1, 0.15) is 18.9 Å². The van der Waals surface area contributed by atoms with Crippen molar-refractivity contribution in [2.45, 2.75) is 26.1 Å². The van der Waals surface area contributed by atoms with E-state index in [1.54, 1.807) is 6.92 Å². The van der Waals surface area contributed by atoms with Gasteiger partial charge in [-0.25, -0.2) is 0 Å². The Morgan fingerprint density at radius 1 is 1.53 bits per heavy atom. The van der Waals surface area contributed by atoms with Gasteiger partial charge in [0.2, 0.25) is 0 Å². The molecule has 0 aromatic heterocycles. The van der Waals surface area contributed by atoms with Crippen LogP contribution in [0.15, 0.2) is 12.1 Å². The lowest BCUT2D eigenvalue weighted by Gasteiger charge is -2.17. The number of ether oxygens (including phenoxy) is 1. The number of halogens is 2. The molecule has 0 aliphatic heterocycles. The maximum atomic E-state index is 11.1. The SMILES string of the molecule is CCC(Oc1c(Cl)cc(Cl)cc1CO)C(N)=O. The van der Waals surface area contributed by atoms with Crippen LogP contribution >= 0.6 is 23.2 Å². The predicted molar refractivity (Wildman–Crippen MR) is 66.3 cm³/mol. The van der Waals surface area contributed by atoms with E-state index < -0.39 is 12.0 Å². The molecule has 1 rings (SSSR count). The van der Waals surface area contributed by atoms with Crippen LogP contribution in [0.2, 0.25) is 10.0 Å². The van der Waals surface area contributed by atoms with E-state index >= 15 is 0 Å². The van der Waals surface area contributed by atoms with Crippen LogP contribution in [0.5, 0.6) is 5.75 Å². The first-order valence-corrected chi connectivity index (χ1v) is 5.80.